The maximum absolute atomic E-state index is 4.96. The fourth-order valence-electron chi connectivity index (χ4n) is 1.43. The number of hydrogen-bond acceptors (Lipinski definition) is 1. The number of benzene rings is 2. The van der Waals surface area contributed by atoms with Crippen LogP contribution in [0.15, 0.2) is 57.5 Å². The van der Waals surface area contributed by atoms with Gasteiger partial charge in [0.25, 0.3) is 0 Å². The van der Waals surface area contributed by atoms with Crippen LogP contribution in [0.25, 0.3) is 0 Å². The van der Waals surface area contributed by atoms with Gasteiger partial charge in [-0.2, -0.15) is 0 Å². The maximum Gasteiger partial charge on any atom is 0.146 e. The van der Waals surface area contributed by atoms with Crippen LogP contribution in [0, 0.1) is 0 Å². The molecule has 0 unspecified atom stereocenters. The lowest BCUT2D eigenvalue weighted by atomic mass is 10.2. The smallest absolute Gasteiger partial charge is 0.146 e. The standard InChI is InChI=1S/C13H8Br2NS/c14-10-1-5-12(6-2-10)16(9-17)13-7-3-11(15)4-8-13/h1-8H. The average molecular weight is 370 g/mol. The van der Waals surface area contributed by atoms with Gasteiger partial charge in [-0.3, -0.25) is 4.90 Å². The summed E-state index contributed by atoms with van der Waals surface area (Å²) < 4.78 is 2.09. The van der Waals surface area contributed by atoms with Crippen LogP contribution < -0.4 is 4.90 Å². The van der Waals surface area contributed by atoms with E-state index in [2.05, 4.69) is 37.4 Å². The summed E-state index contributed by atoms with van der Waals surface area (Å²) in [4.78, 5) is 1.84. The predicted molar refractivity (Wildman–Crippen MR) is 83.0 cm³/mol. The SMILES string of the molecule is S=[C]N(c1ccc(Br)cc1)c1ccc(Br)cc1. The summed E-state index contributed by atoms with van der Waals surface area (Å²) in [6, 6.07) is 15.9. The summed E-state index contributed by atoms with van der Waals surface area (Å²) in [6.07, 6.45) is 0. The fraction of sp³-hybridized carbons (Fsp3) is 0. The molecule has 0 N–H and O–H groups in total. The lowest BCUT2D eigenvalue weighted by Gasteiger charge is -2.18. The molecule has 0 aliphatic carbocycles. The van der Waals surface area contributed by atoms with Gasteiger partial charge in [-0.1, -0.05) is 44.1 Å². The minimum atomic E-state index is 0.991. The van der Waals surface area contributed by atoms with Crippen LogP contribution in [-0.4, -0.2) is 5.49 Å². The third kappa shape index (κ3) is 3.15. The molecule has 1 radical (unpaired) electrons. The lowest BCUT2D eigenvalue weighted by molar-refractivity contribution is 1.38. The molecule has 2 aromatic rings. The van der Waals surface area contributed by atoms with Crippen LogP contribution in [-0.2, 0) is 0 Å². The monoisotopic (exact) mass is 368 g/mol. The van der Waals surface area contributed by atoms with Gasteiger partial charge in [-0.15, -0.1) is 0 Å². The van der Waals surface area contributed by atoms with E-state index in [4.69, 9.17) is 12.2 Å². The van der Waals surface area contributed by atoms with E-state index in [1.807, 2.05) is 53.4 Å². The number of thiocarbonyl (C=S) groups is 1. The number of anilines is 2. The summed E-state index contributed by atoms with van der Waals surface area (Å²) >= 11 is 11.8. The second kappa shape index (κ2) is 5.76. The molecule has 2 aromatic carbocycles. The van der Waals surface area contributed by atoms with E-state index < -0.39 is 0 Å². The van der Waals surface area contributed by atoms with Crippen molar-refractivity contribution in [3.05, 3.63) is 57.5 Å². The molecule has 0 aliphatic rings. The van der Waals surface area contributed by atoms with Crippen LogP contribution in [0.2, 0.25) is 0 Å². The first kappa shape index (κ1) is 12.7. The van der Waals surface area contributed by atoms with Gasteiger partial charge in [-0.25, -0.2) is 0 Å². The third-order valence-corrected chi connectivity index (χ3v) is 3.50. The van der Waals surface area contributed by atoms with Gasteiger partial charge in [0.1, 0.15) is 5.49 Å². The molecule has 1 nitrogen and oxygen atoms in total. The Kier molecular flexibility index (Phi) is 4.31. The molecule has 85 valence electrons. The number of hydrogen-bond donors (Lipinski definition) is 0. The summed E-state index contributed by atoms with van der Waals surface area (Å²) in [6.45, 7) is 0. The second-order valence-corrected chi connectivity index (χ2v) is 5.39. The molecule has 0 bridgehead atoms. The molecule has 0 fully saturated rings. The van der Waals surface area contributed by atoms with Crippen molar-refractivity contribution >= 4 is 60.9 Å². The molecule has 0 saturated carbocycles. The van der Waals surface area contributed by atoms with Crippen molar-refractivity contribution < 1.29 is 0 Å². The van der Waals surface area contributed by atoms with Crippen LogP contribution in [0.1, 0.15) is 0 Å². The molecule has 0 heterocycles. The zero-order valence-corrected chi connectivity index (χ0v) is 12.7. The van der Waals surface area contributed by atoms with Crippen LogP contribution in [0.3, 0.4) is 0 Å². The van der Waals surface area contributed by atoms with Crippen molar-refractivity contribution in [2.45, 2.75) is 0 Å². The maximum atomic E-state index is 4.96. The van der Waals surface area contributed by atoms with Crippen molar-refractivity contribution in [3.8, 4) is 0 Å². The van der Waals surface area contributed by atoms with E-state index in [0.717, 1.165) is 20.3 Å². The molecule has 0 atom stereocenters. The lowest BCUT2D eigenvalue weighted by Crippen LogP contribution is -2.12. The summed E-state index contributed by atoms with van der Waals surface area (Å²) in [5, 5.41) is 0. The highest BCUT2D eigenvalue weighted by Gasteiger charge is 2.06. The van der Waals surface area contributed by atoms with Gasteiger partial charge < -0.3 is 0 Å². The van der Waals surface area contributed by atoms with Gasteiger partial charge >= 0.3 is 0 Å². The van der Waals surface area contributed by atoms with Crippen LogP contribution in [0.5, 0.6) is 0 Å². The molecule has 0 amide bonds. The van der Waals surface area contributed by atoms with Crippen molar-refractivity contribution in [2.75, 3.05) is 4.90 Å². The fourth-order valence-corrected chi connectivity index (χ4v) is 2.17. The number of rotatable bonds is 3. The van der Waals surface area contributed by atoms with Crippen molar-refractivity contribution in [1.29, 1.82) is 0 Å². The molecular formula is C13H8Br2NS. The predicted octanol–water partition coefficient (Wildman–Crippen LogP) is 5.18. The van der Waals surface area contributed by atoms with E-state index in [-0.39, 0.29) is 0 Å². The van der Waals surface area contributed by atoms with E-state index in [1.54, 1.807) is 0 Å². The molecule has 0 spiro atoms. The number of halogens is 2. The topological polar surface area (TPSA) is 3.24 Å². The minimum absolute atomic E-state index is 0.991. The minimum Gasteiger partial charge on any atom is -0.299 e. The van der Waals surface area contributed by atoms with Crippen LogP contribution in [0.4, 0.5) is 11.4 Å². The van der Waals surface area contributed by atoms with Gasteiger partial charge in [0, 0.05) is 20.3 Å². The van der Waals surface area contributed by atoms with E-state index in [0.29, 0.717) is 0 Å². The Morgan fingerprint density at radius 2 is 1.12 bits per heavy atom. The first-order valence-electron chi connectivity index (χ1n) is 4.90. The number of nitrogens with zero attached hydrogens (tertiary/aromatic N) is 1. The Hall–Kier alpha value is -0.710. The summed E-state index contributed by atoms with van der Waals surface area (Å²) in [5.41, 5.74) is 4.74. The first-order chi connectivity index (χ1) is 8.20. The van der Waals surface area contributed by atoms with Gasteiger partial charge in [0.05, 0.1) is 0 Å². The second-order valence-electron chi connectivity index (χ2n) is 3.38. The van der Waals surface area contributed by atoms with E-state index in [1.165, 1.54) is 0 Å². The Morgan fingerprint density at radius 1 is 0.765 bits per heavy atom. The zero-order chi connectivity index (χ0) is 12.3. The molecule has 0 saturated heterocycles. The van der Waals surface area contributed by atoms with Crippen molar-refractivity contribution in [2.24, 2.45) is 0 Å². The normalized spacial score (nSPS) is 10.0. The van der Waals surface area contributed by atoms with E-state index >= 15 is 0 Å². The molecule has 0 aliphatic heterocycles. The highest BCUT2D eigenvalue weighted by Crippen LogP contribution is 2.26. The van der Waals surface area contributed by atoms with Crippen molar-refractivity contribution in [1.82, 2.24) is 0 Å². The molecule has 17 heavy (non-hydrogen) atoms. The average Bonchev–Trinajstić information content (AvgIpc) is 2.35. The summed E-state index contributed by atoms with van der Waals surface area (Å²) in [7, 11) is 0. The largest absolute Gasteiger partial charge is 0.299 e. The van der Waals surface area contributed by atoms with Crippen LogP contribution >= 0.6 is 44.1 Å². The molecular weight excluding hydrogens is 362 g/mol. The first-order valence-corrected chi connectivity index (χ1v) is 6.89. The van der Waals surface area contributed by atoms with Gasteiger partial charge in [0.15, 0.2) is 0 Å². The van der Waals surface area contributed by atoms with Gasteiger partial charge in [0.2, 0.25) is 0 Å². The molecule has 0 aromatic heterocycles. The quantitative estimate of drug-likeness (QED) is 0.541. The third-order valence-electron chi connectivity index (χ3n) is 2.26. The van der Waals surface area contributed by atoms with Crippen molar-refractivity contribution in [3.63, 3.8) is 0 Å². The highest BCUT2D eigenvalue weighted by atomic mass is 79.9. The zero-order valence-electron chi connectivity index (χ0n) is 8.73. The van der Waals surface area contributed by atoms with E-state index in [9.17, 15) is 0 Å². The highest BCUT2D eigenvalue weighted by molar-refractivity contribution is 9.10. The Morgan fingerprint density at radius 3 is 1.41 bits per heavy atom. The summed E-state index contributed by atoms with van der Waals surface area (Å²) in [5.74, 6) is 0. The van der Waals surface area contributed by atoms with Gasteiger partial charge in [-0.05, 0) is 48.5 Å². The Balaban J connectivity index is 2.36. The Labute approximate surface area is 123 Å². The molecule has 2 rings (SSSR count). The molecule has 4 heteroatoms. The Bertz CT molecular complexity index is 462.